The SMILES string of the molecule is C=C/C(F)=C(\C(F)=C/CNC(=O)C1C=C[C@H](N)CC1)C(F)(F)F. The maximum Gasteiger partial charge on any atom is 0.422 e. The monoisotopic (exact) mass is 336 g/mol. The van der Waals surface area contributed by atoms with Crippen molar-refractivity contribution in [2.45, 2.75) is 25.1 Å². The van der Waals surface area contributed by atoms with Gasteiger partial charge in [-0.3, -0.25) is 4.79 Å². The second-order valence-electron chi connectivity index (χ2n) is 4.95. The Morgan fingerprint density at radius 1 is 1.30 bits per heavy atom. The van der Waals surface area contributed by atoms with Crippen LogP contribution in [0.2, 0.25) is 0 Å². The fraction of sp³-hybridized carbons (Fsp3) is 0.400. The van der Waals surface area contributed by atoms with Crippen molar-refractivity contribution in [3.05, 3.63) is 48.1 Å². The minimum atomic E-state index is -5.20. The Bertz CT molecular complexity index is 549. The van der Waals surface area contributed by atoms with Crippen molar-refractivity contribution in [1.29, 1.82) is 0 Å². The first-order valence-electron chi connectivity index (χ1n) is 6.83. The number of allylic oxidation sites excluding steroid dienone is 4. The smallest absolute Gasteiger partial charge is 0.352 e. The van der Waals surface area contributed by atoms with Gasteiger partial charge in [0, 0.05) is 12.6 Å². The lowest BCUT2D eigenvalue weighted by molar-refractivity contribution is -0.123. The number of alkyl halides is 3. The molecule has 1 aliphatic rings. The molecule has 1 aliphatic carbocycles. The summed E-state index contributed by atoms with van der Waals surface area (Å²) in [5, 5.41) is 2.28. The molecule has 0 aromatic rings. The van der Waals surface area contributed by atoms with E-state index in [1.54, 1.807) is 12.2 Å². The van der Waals surface area contributed by atoms with Gasteiger partial charge in [0.25, 0.3) is 0 Å². The fourth-order valence-corrected chi connectivity index (χ4v) is 2.02. The van der Waals surface area contributed by atoms with Crippen molar-refractivity contribution in [2.24, 2.45) is 11.7 Å². The summed E-state index contributed by atoms with van der Waals surface area (Å²) < 4.78 is 64.4. The van der Waals surface area contributed by atoms with Gasteiger partial charge in [0.05, 0.1) is 5.92 Å². The lowest BCUT2D eigenvalue weighted by Crippen LogP contribution is -2.33. The van der Waals surface area contributed by atoms with E-state index < -0.39 is 41.8 Å². The van der Waals surface area contributed by atoms with Crippen molar-refractivity contribution in [2.75, 3.05) is 6.54 Å². The van der Waals surface area contributed by atoms with Crippen LogP contribution >= 0.6 is 0 Å². The van der Waals surface area contributed by atoms with Gasteiger partial charge < -0.3 is 11.1 Å². The molecular weight excluding hydrogens is 319 g/mol. The van der Waals surface area contributed by atoms with Crippen molar-refractivity contribution in [3.63, 3.8) is 0 Å². The van der Waals surface area contributed by atoms with Crippen LogP contribution in [0.4, 0.5) is 22.0 Å². The van der Waals surface area contributed by atoms with E-state index >= 15 is 0 Å². The van der Waals surface area contributed by atoms with Crippen LogP contribution in [0.1, 0.15) is 12.8 Å². The minimum absolute atomic E-state index is 0.127. The summed E-state index contributed by atoms with van der Waals surface area (Å²) in [4.78, 5) is 11.8. The van der Waals surface area contributed by atoms with Gasteiger partial charge in [0.2, 0.25) is 5.91 Å². The van der Waals surface area contributed by atoms with Crippen LogP contribution in [-0.2, 0) is 4.79 Å². The van der Waals surface area contributed by atoms with Crippen molar-refractivity contribution >= 4 is 5.91 Å². The van der Waals surface area contributed by atoms with E-state index in [1.807, 2.05) is 0 Å². The molecule has 1 unspecified atom stereocenters. The summed E-state index contributed by atoms with van der Waals surface area (Å²) in [6.07, 6.45) is -0.118. The molecule has 0 aromatic heterocycles. The summed E-state index contributed by atoms with van der Waals surface area (Å²) in [5.74, 6) is -4.55. The fourth-order valence-electron chi connectivity index (χ4n) is 2.02. The highest BCUT2D eigenvalue weighted by atomic mass is 19.4. The van der Waals surface area contributed by atoms with Gasteiger partial charge in [0.15, 0.2) is 0 Å². The molecule has 2 atom stereocenters. The number of amides is 1. The quantitative estimate of drug-likeness (QED) is 0.460. The Labute approximate surface area is 130 Å². The van der Waals surface area contributed by atoms with Gasteiger partial charge >= 0.3 is 6.18 Å². The van der Waals surface area contributed by atoms with Crippen LogP contribution in [0.25, 0.3) is 0 Å². The van der Waals surface area contributed by atoms with Crippen LogP contribution in [-0.4, -0.2) is 24.7 Å². The summed E-state index contributed by atoms with van der Waals surface area (Å²) in [7, 11) is 0. The van der Waals surface area contributed by atoms with Gasteiger partial charge in [-0.05, 0) is 25.0 Å². The lowest BCUT2D eigenvalue weighted by atomic mass is 9.92. The molecule has 1 rings (SSSR count). The number of nitrogens with one attached hydrogen (secondary N) is 1. The predicted molar refractivity (Wildman–Crippen MR) is 76.4 cm³/mol. The first kappa shape index (κ1) is 19.1. The average Bonchev–Trinajstić information content (AvgIpc) is 2.46. The molecule has 0 radical (unpaired) electrons. The molecular formula is C15H17F5N2O. The Morgan fingerprint density at radius 2 is 1.96 bits per heavy atom. The van der Waals surface area contributed by atoms with E-state index in [4.69, 9.17) is 5.73 Å². The van der Waals surface area contributed by atoms with Crippen molar-refractivity contribution in [1.82, 2.24) is 5.32 Å². The van der Waals surface area contributed by atoms with Gasteiger partial charge in [-0.15, -0.1) is 0 Å². The van der Waals surface area contributed by atoms with E-state index in [9.17, 15) is 26.7 Å². The number of halogens is 5. The molecule has 3 nitrogen and oxygen atoms in total. The van der Waals surface area contributed by atoms with Crippen molar-refractivity contribution < 1.29 is 26.7 Å². The maximum atomic E-state index is 13.6. The summed E-state index contributed by atoms with van der Waals surface area (Å²) >= 11 is 0. The second kappa shape index (κ2) is 8.05. The third-order valence-corrected chi connectivity index (χ3v) is 3.24. The molecule has 1 amide bonds. The Hall–Kier alpha value is -1.96. The van der Waals surface area contributed by atoms with E-state index in [0.717, 1.165) is 0 Å². The third kappa shape index (κ3) is 5.63. The molecule has 128 valence electrons. The van der Waals surface area contributed by atoms with E-state index in [1.165, 1.54) is 0 Å². The first-order chi connectivity index (χ1) is 10.7. The molecule has 0 spiro atoms. The van der Waals surface area contributed by atoms with Gasteiger partial charge in [-0.2, -0.15) is 13.2 Å². The molecule has 0 fully saturated rings. The molecule has 23 heavy (non-hydrogen) atoms. The van der Waals surface area contributed by atoms with Crippen molar-refractivity contribution in [3.8, 4) is 0 Å². The van der Waals surface area contributed by atoms with Gasteiger partial charge in [-0.1, -0.05) is 18.7 Å². The molecule has 0 heterocycles. The zero-order valence-electron chi connectivity index (χ0n) is 12.2. The zero-order valence-corrected chi connectivity index (χ0v) is 12.2. The largest absolute Gasteiger partial charge is 0.422 e. The Morgan fingerprint density at radius 3 is 2.43 bits per heavy atom. The van der Waals surface area contributed by atoms with Crippen LogP contribution in [0.5, 0.6) is 0 Å². The zero-order chi connectivity index (χ0) is 17.6. The lowest BCUT2D eigenvalue weighted by Gasteiger charge is -2.19. The third-order valence-electron chi connectivity index (χ3n) is 3.24. The number of hydrogen-bond acceptors (Lipinski definition) is 2. The number of hydrogen-bond donors (Lipinski definition) is 2. The normalized spacial score (nSPS) is 23.3. The Balaban J connectivity index is 2.71. The predicted octanol–water partition coefficient (Wildman–Crippen LogP) is 3.22. The topological polar surface area (TPSA) is 55.1 Å². The van der Waals surface area contributed by atoms with E-state index in [2.05, 4.69) is 11.9 Å². The number of carbonyl (C=O) groups excluding carboxylic acids is 1. The molecule has 8 heteroatoms. The minimum Gasteiger partial charge on any atom is -0.352 e. The molecule has 0 aliphatic heterocycles. The first-order valence-corrected chi connectivity index (χ1v) is 6.83. The molecule has 0 saturated heterocycles. The van der Waals surface area contributed by atoms with Gasteiger partial charge in [0.1, 0.15) is 17.2 Å². The van der Waals surface area contributed by atoms with Gasteiger partial charge in [-0.25, -0.2) is 8.78 Å². The number of carbonyl (C=O) groups is 1. The molecule has 0 saturated carbocycles. The highest BCUT2D eigenvalue weighted by molar-refractivity contribution is 5.80. The number of rotatable bonds is 5. The van der Waals surface area contributed by atoms with E-state index in [-0.39, 0.29) is 12.1 Å². The summed E-state index contributed by atoms with van der Waals surface area (Å²) in [6, 6.07) is -0.127. The van der Waals surface area contributed by atoms with Crippen LogP contribution in [0.3, 0.4) is 0 Å². The standard InChI is InChI=1S/C15H17F5N2O/c1-2-11(16)13(15(18,19)20)12(17)7-8-22-14(23)9-3-5-10(21)6-4-9/h2-3,5,7,9-10H,1,4,6,8,21H2,(H,22,23)/b12-7+,13-11-/t9?,10-/m0/s1. The van der Waals surface area contributed by atoms with Crippen LogP contribution < -0.4 is 11.1 Å². The van der Waals surface area contributed by atoms with Crippen LogP contribution in [0, 0.1) is 5.92 Å². The van der Waals surface area contributed by atoms with E-state index in [0.29, 0.717) is 18.9 Å². The number of nitrogens with two attached hydrogens (primary N) is 1. The molecule has 3 N–H and O–H groups in total. The Kier molecular flexibility index (Phi) is 6.68. The highest BCUT2D eigenvalue weighted by Gasteiger charge is 2.39. The summed E-state index contributed by atoms with van der Waals surface area (Å²) in [6.45, 7) is 2.34. The highest BCUT2D eigenvalue weighted by Crippen LogP contribution is 2.35. The average molecular weight is 336 g/mol. The summed E-state index contributed by atoms with van der Waals surface area (Å²) in [5.41, 5.74) is 3.57. The second-order valence-corrected chi connectivity index (χ2v) is 4.95. The van der Waals surface area contributed by atoms with Crippen LogP contribution in [0.15, 0.2) is 48.1 Å². The molecule has 0 aromatic carbocycles. The molecule has 0 bridgehead atoms. The maximum absolute atomic E-state index is 13.6.